The number of nitrogens with one attached hydrogen (secondary N) is 1. The summed E-state index contributed by atoms with van der Waals surface area (Å²) in [5.41, 5.74) is -5.88. The lowest BCUT2D eigenvalue weighted by atomic mass is 10.1. The fourth-order valence-corrected chi connectivity index (χ4v) is 3.89. The summed E-state index contributed by atoms with van der Waals surface area (Å²) in [6.07, 6.45) is -0.0100. The van der Waals surface area contributed by atoms with Crippen molar-refractivity contribution < 1.29 is 55.6 Å². The number of fused-ring (bicyclic) bond motifs is 1. The molecule has 226 valence electrons. The van der Waals surface area contributed by atoms with Crippen molar-refractivity contribution in [2.45, 2.75) is 36.6 Å². The fraction of sp³-hybridized carbons (Fsp3) is 0.476. The number of pyridine rings is 1. The van der Waals surface area contributed by atoms with Crippen LogP contribution in [0.3, 0.4) is 0 Å². The number of ether oxygens (including phenoxy) is 1. The molecule has 0 aromatic carbocycles. The van der Waals surface area contributed by atoms with Crippen LogP contribution in [0.25, 0.3) is 11.2 Å². The van der Waals surface area contributed by atoms with Crippen molar-refractivity contribution in [2.24, 2.45) is 14.1 Å². The fourth-order valence-electron chi connectivity index (χ4n) is 3.89. The van der Waals surface area contributed by atoms with E-state index in [-0.39, 0.29) is 29.8 Å². The highest BCUT2D eigenvalue weighted by atomic mass is 32.2. The van der Waals surface area contributed by atoms with Gasteiger partial charge in [-0.15, -0.1) is 0 Å². The number of aliphatic hydroxyl groups excluding tert-OH is 3. The van der Waals surface area contributed by atoms with Crippen LogP contribution in [0.5, 0.6) is 0 Å². The quantitative estimate of drug-likeness (QED) is 0.124. The molecule has 0 saturated carbocycles. The summed E-state index contributed by atoms with van der Waals surface area (Å²) < 4.78 is 69.6. The molecule has 0 bridgehead atoms. The number of carbonyl (C=O) groups is 1. The van der Waals surface area contributed by atoms with E-state index in [2.05, 4.69) is 10.3 Å². The number of imidazole rings is 1. The summed E-state index contributed by atoms with van der Waals surface area (Å²) in [5, 5.41) is 32.0. The Labute approximate surface area is 228 Å². The first kappa shape index (κ1) is 31.8. The maximum Gasteiger partial charge on any atom is 0.485 e. The molecule has 1 amide bonds. The SMILES string of the molecule is Cn1cnc2c1c(=O)n(CCNC(=O)c1ccc[n+]([C@@H]3O[C@H](CO)[C@@H](O)[C@H]3O)c1)c(=O)n2C.O=S(=O)([O-])C(F)(F)F. The molecule has 4 atom stereocenters. The van der Waals surface area contributed by atoms with Gasteiger partial charge in [0.25, 0.3) is 17.7 Å². The third kappa shape index (κ3) is 6.63. The lowest BCUT2D eigenvalue weighted by Crippen LogP contribution is -2.46. The molecule has 4 rings (SSSR count). The Morgan fingerprint density at radius 2 is 1.88 bits per heavy atom. The number of rotatable bonds is 6. The molecule has 3 aromatic rings. The van der Waals surface area contributed by atoms with Crippen LogP contribution in [0.4, 0.5) is 13.2 Å². The minimum Gasteiger partial charge on any atom is -0.741 e. The van der Waals surface area contributed by atoms with E-state index in [1.807, 2.05) is 0 Å². The Kier molecular flexibility index (Phi) is 9.35. The predicted molar refractivity (Wildman–Crippen MR) is 128 cm³/mol. The standard InChI is InChI=1S/C20H24N6O7.CHF3O3S/c1-23-10-22-16-13(23)18(31)26(20(32)24(16)2)7-5-21-17(30)11-4-3-6-25(8-11)19-15(29)14(28)12(9-27)33-19;2-1(3,4)8(5,6)7/h3-4,6,8,10,12,14-15,19,27-29H,5,7,9H2,1-2H3;(H,5,6,7)/t12-,14-,15-,19-;/m1./s1. The lowest BCUT2D eigenvalue weighted by molar-refractivity contribution is -0.765. The van der Waals surface area contributed by atoms with E-state index in [0.717, 1.165) is 4.57 Å². The number of aromatic nitrogens is 5. The molecular formula is C21H25F3N6O10S. The molecule has 0 unspecified atom stereocenters. The maximum absolute atomic E-state index is 12.7. The molecule has 3 aromatic heterocycles. The average Bonchev–Trinajstić information content (AvgIpc) is 3.43. The van der Waals surface area contributed by atoms with Crippen molar-refractivity contribution in [1.29, 1.82) is 0 Å². The molecule has 4 N–H and O–H groups in total. The van der Waals surface area contributed by atoms with Crippen molar-refractivity contribution in [3.63, 3.8) is 0 Å². The number of aryl methyl sites for hydroxylation is 2. The zero-order chi connectivity index (χ0) is 30.9. The molecule has 1 aliphatic rings. The Bertz CT molecular complexity index is 1650. The number of nitrogens with zero attached hydrogens (tertiary/aromatic N) is 5. The molecule has 41 heavy (non-hydrogen) atoms. The number of hydrogen-bond acceptors (Lipinski definition) is 11. The Balaban J connectivity index is 0.000000507. The molecule has 0 aliphatic carbocycles. The molecule has 16 nitrogen and oxygen atoms in total. The van der Waals surface area contributed by atoms with Crippen LogP contribution in [0, 0.1) is 0 Å². The van der Waals surface area contributed by atoms with Crippen LogP contribution in [0.15, 0.2) is 40.4 Å². The molecule has 20 heteroatoms. The van der Waals surface area contributed by atoms with Gasteiger partial charge in [-0.05, 0) is 6.07 Å². The second-order valence-corrected chi connectivity index (χ2v) is 10.1. The van der Waals surface area contributed by atoms with Gasteiger partial charge in [0, 0.05) is 33.3 Å². The van der Waals surface area contributed by atoms with E-state index in [9.17, 15) is 42.9 Å². The van der Waals surface area contributed by atoms with E-state index in [0.29, 0.717) is 0 Å². The molecule has 1 saturated heterocycles. The number of amides is 1. The monoisotopic (exact) mass is 610 g/mol. The van der Waals surface area contributed by atoms with Crippen LogP contribution in [0.1, 0.15) is 16.6 Å². The zero-order valence-electron chi connectivity index (χ0n) is 21.3. The summed E-state index contributed by atoms with van der Waals surface area (Å²) in [5.74, 6) is -0.470. The van der Waals surface area contributed by atoms with Crippen LogP contribution in [-0.4, -0.2) is 89.9 Å². The molecular weight excluding hydrogens is 585 g/mol. The third-order valence-corrected chi connectivity index (χ3v) is 6.57. The Morgan fingerprint density at radius 3 is 2.44 bits per heavy atom. The van der Waals surface area contributed by atoms with Gasteiger partial charge < -0.3 is 34.5 Å². The highest BCUT2D eigenvalue weighted by Gasteiger charge is 2.48. The highest BCUT2D eigenvalue weighted by Crippen LogP contribution is 2.25. The van der Waals surface area contributed by atoms with E-state index in [1.165, 1.54) is 33.3 Å². The summed E-state index contributed by atoms with van der Waals surface area (Å²) in [6.45, 7) is -0.487. The number of alkyl halides is 3. The lowest BCUT2D eigenvalue weighted by Gasteiger charge is -2.11. The largest absolute Gasteiger partial charge is 0.741 e. The van der Waals surface area contributed by atoms with Crippen molar-refractivity contribution >= 4 is 27.2 Å². The number of carbonyl (C=O) groups excluding carboxylic acids is 1. The first-order valence-electron chi connectivity index (χ1n) is 11.5. The van der Waals surface area contributed by atoms with Gasteiger partial charge in [0.1, 0.15) is 17.8 Å². The van der Waals surface area contributed by atoms with Crippen molar-refractivity contribution in [3.05, 3.63) is 57.3 Å². The summed E-state index contributed by atoms with van der Waals surface area (Å²) in [7, 11) is -2.91. The molecule has 1 aliphatic heterocycles. The number of halogens is 3. The van der Waals surface area contributed by atoms with E-state index in [4.69, 9.17) is 17.7 Å². The summed E-state index contributed by atoms with van der Waals surface area (Å²) in [4.78, 5) is 42.0. The van der Waals surface area contributed by atoms with Crippen LogP contribution >= 0.6 is 0 Å². The van der Waals surface area contributed by atoms with Gasteiger partial charge in [-0.25, -0.2) is 18.2 Å². The minimum atomic E-state index is -6.09. The molecule has 4 heterocycles. The Hall–Kier alpha value is -3.69. The van der Waals surface area contributed by atoms with Crippen LogP contribution in [0.2, 0.25) is 0 Å². The average molecular weight is 611 g/mol. The second-order valence-electron chi connectivity index (χ2n) is 8.75. The topological polar surface area (TPSA) is 222 Å². The van der Waals surface area contributed by atoms with Gasteiger partial charge in [-0.2, -0.15) is 17.7 Å². The third-order valence-electron chi connectivity index (χ3n) is 6.00. The van der Waals surface area contributed by atoms with Gasteiger partial charge in [0.15, 0.2) is 39.8 Å². The first-order chi connectivity index (χ1) is 19.0. The van der Waals surface area contributed by atoms with E-state index < -0.39 is 63.9 Å². The van der Waals surface area contributed by atoms with Gasteiger partial charge >= 0.3 is 11.2 Å². The van der Waals surface area contributed by atoms with Crippen molar-refractivity contribution in [2.75, 3.05) is 13.2 Å². The molecule has 0 radical (unpaired) electrons. The minimum absolute atomic E-state index is 0.0140. The van der Waals surface area contributed by atoms with Crippen LogP contribution in [-0.2, 0) is 35.5 Å². The van der Waals surface area contributed by atoms with E-state index in [1.54, 1.807) is 25.4 Å². The Morgan fingerprint density at radius 1 is 1.24 bits per heavy atom. The van der Waals surface area contributed by atoms with Crippen LogP contribution < -0.4 is 21.1 Å². The van der Waals surface area contributed by atoms with Gasteiger partial charge in [0.2, 0.25) is 0 Å². The van der Waals surface area contributed by atoms with Crippen molar-refractivity contribution in [3.8, 4) is 0 Å². The number of hydrogen-bond donors (Lipinski definition) is 4. The van der Waals surface area contributed by atoms with Gasteiger partial charge in [-0.1, -0.05) is 0 Å². The normalized spacial score (nSPS) is 21.0. The molecule has 1 fully saturated rings. The number of aliphatic hydroxyl groups is 3. The summed E-state index contributed by atoms with van der Waals surface area (Å²) >= 11 is 0. The first-order valence-corrected chi connectivity index (χ1v) is 12.9. The van der Waals surface area contributed by atoms with E-state index >= 15 is 0 Å². The highest BCUT2D eigenvalue weighted by molar-refractivity contribution is 7.86. The molecule has 0 spiro atoms. The zero-order valence-corrected chi connectivity index (χ0v) is 22.1. The maximum atomic E-state index is 12.7. The smallest absolute Gasteiger partial charge is 0.485 e. The summed E-state index contributed by atoms with van der Waals surface area (Å²) in [6, 6.07) is 3.11. The predicted octanol–water partition coefficient (Wildman–Crippen LogP) is -3.19. The second kappa shape index (κ2) is 12.0. The van der Waals surface area contributed by atoms with Crippen molar-refractivity contribution in [1.82, 2.24) is 24.0 Å². The van der Waals surface area contributed by atoms with Gasteiger partial charge in [0.05, 0.1) is 12.9 Å². The van der Waals surface area contributed by atoms with Gasteiger partial charge in [-0.3, -0.25) is 18.7 Å².